The summed E-state index contributed by atoms with van der Waals surface area (Å²) in [7, 11) is 0. The van der Waals surface area contributed by atoms with Gasteiger partial charge in [0.1, 0.15) is 0 Å². The van der Waals surface area contributed by atoms with Gasteiger partial charge in [-0.1, -0.05) is 140 Å². The van der Waals surface area contributed by atoms with E-state index in [4.69, 9.17) is 9.47 Å². The molecule has 7 heteroatoms. The molecule has 7 nitrogen and oxygen atoms in total. The molecule has 0 unspecified atom stereocenters. The van der Waals surface area contributed by atoms with Crippen LogP contribution in [0.15, 0.2) is 48.6 Å². The number of aliphatic hydroxyl groups excluding tert-OH is 1. The molecule has 0 aliphatic heterocycles. The number of allylic oxidation sites excluding steroid dienone is 8. The van der Waals surface area contributed by atoms with E-state index in [-0.39, 0.29) is 31.4 Å². The highest BCUT2D eigenvalue weighted by Crippen LogP contribution is 2.10. The molecule has 51 heavy (non-hydrogen) atoms. The van der Waals surface area contributed by atoms with Crippen LogP contribution in [0.2, 0.25) is 0 Å². The number of carbonyl (C=O) groups excluding carboxylic acids is 2. The average molecular weight is 717 g/mol. The van der Waals surface area contributed by atoms with Crippen LogP contribution >= 0.6 is 0 Å². The van der Waals surface area contributed by atoms with Crippen LogP contribution in [0.5, 0.6) is 0 Å². The van der Waals surface area contributed by atoms with Gasteiger partial charge in [-0.3, -0.25) is 15.0 Å². The molecule has 296 valence electrons. The summed E-state index contributed by atoms with van der Waals surface area (Å²) in [5.41, 5.74) is 3.14. The van der Waals surface area contributed by atoms with Gasteiger partial charge in [-0.05, 0) is 77.0 Å². The van der Waals surface area contributed by atoms with E-state index >= 15 is 0 Å². The van der Waals surface area contributed by atoms with Gasteiger partial charge < -0.3 is 14.6 Å². The second-order valence-corrected chi connectivity index (χ2v) is 13.7. The summed E-state index contributed by atoms with van der Waals surface area (Å²) < 4.78 is 10.8. The lowest BCUT2D eigenvalue weighted by Gasteiger charge is -2.21. The van der Waals surface area contributed by atoms with Gasteiger partial charge in [0.05, 0.1) is 32.7 Å². The Morgan fingerprint density at radius 2 is 0.902 bits per heavy atom. The molecule has 2 N–H and O–H groups in total. The predicted octanol–water partition coefficient (Wildman–Crippen LogP) is 11.3. The van der Waals surface area contributed by atoms with Crippen molar-refractivity contribution in [2.24, 2.45) is 0 Å². The molecule has 0 fully saturated rings. The zero-order valence-electron chi connectivity index (χ0n) is 33.3. The number of hydrogen-bond donors (Lipinski definition) is 2. The molecule has 0 saturated heterocycles. The Balaban J connectivity index is 3.65. The van der Waals surface area contributed by atoms with E-state index in [1.807, 2.05) is 0 Å². The van der Waals surface area contributed by atoms with Gasteiger partial charge in [-0.15, -0.1) is 0 Å². The van der Waals surface area contributed by atoms with E-state index < -0.39 is 0 Å². The third kappa shape index (κ3) is 40.4. The maximum Gasteiger partial charge on any atom is 0.307 e. The zero-order valence-corrected chi connectivity index (χ0v) is 33.3. The van der Waals surface area contributed by atoms with Crippen molar-refractivity contribution in [1.82, 2.24) is 10.4 Å². The number of nitrogens with zero attached hydrogens (tertiary/aromatic N) is 1. The Hall–Kier alpha value is -2.22. The van der Waals surface area contributed by atoms with Crippen LogP contribution in [0.25, 0.3) is 0 Å². The van der Waals surface area contributed by atoms with Crippen LogP contribution in [0, 0.1) is 0 Å². The third-order valence-corrected chi connectivity index (χ3v) is 8.84. The number of carbonyl (C=O) groups is 2. The van der Waals surface area contributed by atoms with Gasteiger partial charge in [0.25, 0.3) is 0 Å². The Morgan fingerprint density at radius 3 is 1.33 bits per heavy atom. The number of nitrogens with one attached hydrogen (secondary N) is 1. The molecule has 0 aromatic heterocycles. The van der Waals surface area contributed by atoms with Crippen molar-refractivity contribution in [2.75, 3.05) is 39.5 Å². The van der Waals surface area contributed by atoms with Gasteiger partial charge >= 0.3 is 11.9 Å². The molecule has 0 aromatic carbocycles. The summed E-state index contributed by atoms with van der Waals surface area (Å²) in [5, 5.41) is 11.2. The minimum Gasteiger partial charge on any atom is -0.466 e. The minimum atomic E-state index is -0.227. The van der Waals surface area contributed by atoms with Crippen molar-refractivity contribution in [3.05, 3.63) is 48.6 Å². The highest BCUT2D eigenvalue weighted by molar-refractivity contribution is 5.70. The molecule has 0 radical (unpaired) electrons. The molecule has 0 saturated carbocycles. The largest absolute Gasteiger partial charge is 0.466 e. The number of ether oxygens (including phenoxy) is 2. The van der Waals surface area contributed by atoms with Crippen molar-refractivity contribution in [3.8, 4) is 0 Å². The van der Waals surface area contributed by atoms with Gasteiger partial charge in [0, 0.05) is 19.6 Å². The van der Waals surface area contributed by atoms with E-state index in [1.165, 1.54) is 103 Å². The maximum absolute atomic E-state index is 12.2. The molecule has 0 heterocycles. The van der Waals surface area contributed by atoms with Crippen LogP contribution in [-0.4, -0.2) is 61.5 Å². The van der Waals surface area contributed by atoms with Crippen LogP contribution in [0.3, 0.4) is 0 Å². The SMILES string of the molecule is CCCCC/C=C\C/C=C\CCCCCCCCOC(=O)CCNN(CCO)CCC(=O)OCCCCCCCC/C=C\C/C=C\CCCCC. The smallest absolute Gasteiger partial charge is 0.307 e. The molecule has 0 atom stereocenters. The molecule has 0 aliphatic rings. The lowest BCUT2D eigenvalue weighted by atomic mass is 10.1. The molecular formula is C44H80N2O5. The summed E-state index contributed by atoms with van der Waals surface area (Å²) in [6.07, 6.45) is 47.3. The number of hydrogen-bond acceptors (Lipinski definition) is 7. The van der Waals surface area contributed by atoms with Crippen LogP contribution in [0.1, 0.15) is 181 Å². The quantitative estimate of drug-likeness (QED) is 0.0283. The molecule has 0 bridgehead atoms. The first-order valence-electron chi connectivity index (χ1n) is 21.1. The van der Waals surface area contributed by atoms with Crippen LogP contribution in [-0.2, 0) is 19.1 Å². The van der Waals surface area contributed by atoms with Gasteiger partial charge in [-0.25, -0.2) is 5.01 Å². The predicted molar refractivity (Wildman–Crippen MR) is 217 cm³/mol. The average Bonchev–Trinajstić information content (AvgIpc) is 3.13. The van der Waals surface area contributed by atoms with Gasteiger partial charge in [-0.2, -0.15) is 0 Å². The van der Waals surface area contributed by atoms with Crippen LogP contribution < -0.4 is 5.43 Å². The standard InChI is InChI=1S/C44H80N2O5/c1-3-5-7-9-11-13-15-17-19-21-23-25-27-29-31-33-41-50-43(48)35-37-45-46(39-40-47)38-36-44(49)51-42-34-32-30-28-26-24-22-20-18-16-14-12-10-8-6-4-2/h11-14,17-20,45,47H,3-10,15-16,21-42H2,1-2H3/b13-11-,14-12-,19-17-,20-18-. The summed E-state index contributed by atoms with van der Waals surface area (Å²) in [6.45, 7) is 6.58. The first-order chi connectivity index (χ1) is 25.1. The first-order valence-corrected chi connectivity index (χ1v) is 21.1. The number of hydrazine groups is 1. The Bertz CT molecular complexity index is 870. The summed E-state index contributed by atoms with van der Waals surface area (Å²) in [6, 6.07) is 0. The normalized spacial score (nSPS) is 12.1. The summed E-state index contributed by atoms with van der Waals surface area (Å²) >= 11 is 0. The van der Waals surface area contributed by atoms with E-state index in [0.29, 0.717) is 32.8 Å². The van der Waals surface area contributed by atoms with Crippen molar-refractivity contribution in [3.63, 3.8) is 0 Å². The number of aliphatic hydroxyl groups is 1. The molecule has 0 spiro atoms. The number of unbranched alkanes of at least 4 members (excludes halogenated alkanes) is 18. The van der Waals surface area contributed by atoms with Crippen molar-refractivity contribution in [1.29, 1.82) is 0 Å². The first kappa shape index (κ1) is 48.8. The summed E-state index contributed by atoms with van der Waals surface area (Å²) in [4.78, 5) is 24.3. The summed E-state index contributed by atoms with van der Waals surface area (Å²) in [5.74, 6) is -0.447. The Kier molecular flexibility index (Phi) is 40.4. The Labute approximate surface area is 314 Å². The number of rotatable bonds is 39. The van der Waals surface area contributed by atoms with E-state index in [1.54, 1.807) is 5.01 Å². The molecular weight excluding hydrogens is 636 g/mol. The van der Waals surface area contributed by atoms with Gasteiger partial charge in [0.2, 0.25) is 0 Å². The highest BCUT2D eigenvalue weighted by Gasteiger charge is 2.10. The van der Waals surface area contributed by atoms with E-state index in [2.05, 4.69) is 67.9 Å². The highest BCUT2D eigenvalue weighted by atomic mass is 16.5. The fourth-order valence-electron chi connectivity index (χ4n) is 5.63. The molecule has 0 rings (SSSR count). The lowest BCUT2D eigenvalue weighted by Crippen LogP contribution is -2.42. The fourth-order valence-corrected chi connectivity index (χ4v) is 5.63. The van der Waals surface area contributed by atoms with E-state index in [0.717, 1.165) is 51.4 Å². The number of esters is 2. The van der Waals surface area contributed by atoms with Crippen molar-refractivity contribution in [2.45, 2.75) is 181 Å². The molecule has 0 amide bonds. The third-order valence-electron chi connectivity index (χ3n) is 8.84. The second kappa shape index (κ2) is 42.2. The van der Waals surface area contributed by atoms with Crippen LogP contribution in [0.4, 0.5) is 0 Å². The minimum absolute atomic E-state index is 0.0349. The maximum atomic E-state index is 12.2. The van der Waals surface area contributed by atoms with E-state index in [9.17, 15) is 14.7 Å². The zero-order chi connectivity index (χ0) is 37.1. The monoisotopic (exact) mass is 717 g/mol. The lowest BCUT2D eigenvalue weighted by molar-refractivity contribution is -0.145. The second-order valence-electron chi connectivity index (χ2n) is 13.7. The van der Waals surface area contributed by atoms with Crippen molar-refractivity contribution < 1.29 is 24.2 Å². The molecule has 0 aromatic rings. The van der Waals surface area contributed by atoms with Crippen molar-refractivity contribution >= 4 is 11.9 Å². The molecule has 0 aliphatic carbocycles. The van der Waals surface area contributed by atoms with Gasteiger partial charge in [0.15, 0.2) is 0 Å². The fraction of sp³-hybridized carbons (Fsp3) is 0.773. The topological polar surface area (TPSA) is 88.1 Å². The Morgan fingerprint density at radius 1 is 0.510 bits per heavy atom.